The van der Waals surface area contributed by atoms with E-state index in [1.165, 1.54) is 16.0 Å². The van der Waals surface area contributed by atoms with Crippen molar-refractivity contribution in [3.8, 4) is 0 Å². The zero-order valence-electron chi connectivity index (χ0n) is 15.2. The molecule has 1 aliphatic heterocycles. The average molecular weight is 391 g/mol. The third kappa shape index (κ3) is 3.92. The van der Waals surface area contributed by atoms with Gasteiger partial charge in [-0.1, -0.05) is 54.1 Å². The highest BCUT2D eigenvalue weighted by molar-refractivity contribution is 6.31. The summed E-state index contributed by atoms with van der Waals surface area (Å²) in [6.45, 7) is 0. The number of carbonyl (C=O) groups excluding carboxylic acids is 2. The van der Waals surface area contributed by atoms with Crippen LogP contribution in [0.1, 0.15) is 16.7 Å². The summed E-state index contributed by atoms with van der Waals surface area (Å²) in [5.74, 6) is -0.255. The predicted molar refractivity (Wildman–Crippen MR) is 112 cm³/mol. The predicted octanol–water partition coefficient (Wildman–Crippen LogP) is 5.25. The topological polar surface area (TPSA) is 49.4 Å². The van der Waals surface area contributed by atoms with Crippen LogP contribution in [0, 0.1) is 0 Å². The van der Waals surface area contributed by atoms with Gasteiger partial charge in [-0.25, -0.2) is 9.69 Å². The number of amides is 3. The van der Waals surface area contributed by atoms with Crippen LogP contribution in [0.3, 0.4) is 0 Å². The van der Waals surface area contributed by atoms with Crippen molar-refractivity contribution >= 4 is 34.9 Å². The Morgan fingerprint density at radius 1 is 0.929 bits per heavy atom. The van der Waals surface area contributed by atoms with E-state index in [2.05, 4.69) is 17.4 Å². The largest absolute Gasteiger partial charge is 0.333 e. The summed E-state index contributed by atoms with van der Waals surface area (Å²) in [4.78, 5) is 26.1. The lowest BCUT2D eigenvalue weighted by Crippen LogP contribution is -2.37. The van der Waals surface area contributed by atoms with Crippen molar-refractivity contribution in [3.05, 3.63) is 94.5 Å². The molecule has 0 spiro atoms. The lowest BCUT2D eigenvalue weighted by atomic mass is 10.0. The van der Waals surface area contributed by atoms with Crippen LogP contribution >= 0.6 is 11.6 Å². The number of carbonyl (C=O) groups is 2. The second-order valence-electron chi connectivity index (χ2n) is 6.79. The Morgan fingerprint density at radius 3 is 2.32 bits per heavy atom. The van der Waals surface area contributed by atoms with Gasteiger partial charge in [0.05, 0.1) is 12.1 Å². The van der Waals surface area contributed by atoms with Gasteiger partial charge in [-0.3, -0.25) is 4.79 Å². The third-order valence-electron chi connectivity index (χ3n) is 4.83. The lowest BCUT2D eigenvalue weighted by molar-refractivity contribution is -0.116. The smallest absolute Gasteiger partial charge is 0.307 e. The van der Waals surface area contributed by atoms with E-state index in [-0.39, 0.29) is 12.3 Å². The molecule has 5 heteroatoms. The normalized spacial score (nSPS) is 12.8. The first-order chi connectivity index (χ1) is 13.6. The molecule has 3 amide bonds. The maximum Gasteiger partial charge on any atom is 0.333 e. The van der Waals surface area contributed by atoms with Crippen molar-refractivity contribution in [1.29, 1.82) is 0 Å². The van der Waals surface area contributed by atoms with Gasteiger partial charge < -0.3 is 5.32 Å². The Balaban J connectivity index is 1.41. The molecule has 3 aromatic rings. The molecule has 1 N–H and O–H groups in total. The van der Waals surface area contributed by atoms with Crippen molar-refractivity contribution in [2.45, 2.75) is 19.3 Å². The van der Waals surface area contributed by atoms with Crippen LogP contribution in [-0.4, -0.2) is 11.9 Å². The SMILES string of the molecule is O=C1Cc2cc(Cl)ccc2N1C(=O)Nc1ccc(CCc2ccccc2)cc1. The molecule has 4 nitrogen and oxygen atoms in total. The maximum absolute atomic E-state index is 12.6. The third-order valence-corrected chi connectivity index (χ3v) is 5.06. The van der Waals surface area contributed by atoms with E-state index in [1.807, 2.05) is 42.5 Å². The lowest BCUT2D eigenvalue weighted by Gasteiger charge is -2.16. The van der Waals surface area contributed by atoms with E-state index >= 15 is 0 Å². The molecule has 3 aromatic carbocycles. The summed E-state index contributed by atoms with van der Waals surface area (Å²) in [7, 11) is 0. The van der Waals surface area contributed by atoms with Crippen molar-refractivity contribution in [2.24, 2.45) is 0 Å². The highest BCUT2D eigenvalue weighted by atomic mass is 35.5. The van der Waals surface area contributed by atoms with Crippen LogP contribution in [-0.2, 0) is 24.1 Å². The number of benzene rings is 3. The van der Waals surface area contributed by atoms with Crippen molar-refractivity contribution in [2.75, 3.05) is 10.2 Å². The number of nitrogens with one attached hydrogen (secondary N) is 1. The molecule has 1 aliphatic rings. The molecule has 0 saturated carbocycles. The standard InChI is InChI=1S/C23H19ClN2O2/c24-19-10-13-21-18(14-19)15-22(27)26(21)23(28)25-20-11-8-17(9-12-20)7-6-16-4-2-1-3-5-16/h1-5,8-14H,6-7,15H2,(H,25,28). The van der Waals surface area contributed by atoms with Gasteiger partial charge >= 0.3 is 6.03 Å². The molecule has 0 fully saturated rings. The monoisotopic (exact) mass is 390 g/mol. The first-order valence-corrected chi connectivity index (χ1v) is 9.53. The van der Waals surface area contributed by atoms with E-state index in [9.17, 15) is 9.59 Å². The molecular weight excluding hydrogens is 372 g/mol. The number of rotatable bonds is 4. The highest BCUT2D eigenvalue weighted by Gasteiger charge is 2.32. The number of halogens is 1. The van der Waals surface area contributed by atoms with Gasteiger partial charge in [-0.2, -0.15) is 0 Å². The Hall–Kier alpha value is -3.11. The zero-order valence-corrected chi connectivity index (χ0v) is 15.9. The molecule has 0 aromatic heterocycles. The first-order valence-electron chi connectivity index (χ1n) is 9.15. The number of anilines is 2. The van der Waals surface area contributed by atoms with E-state index in [0.29, 0.717) is 16.4 Å². The fourth-order valence-electron chi connectivity index (χ4n) is 3.38. The summed E-state index contributed by atoms with van der Waals surface area (Å²) >= 11 is 5.98. The minimum atomic E-state index is -0.455. The van der Waals surface area contributed by atoms with Gasteiger partial charge in [-0.05, 0) is 59.9 Å². The quantitative estimate of drug-likeness (QED) is 0.661. The number of fused-ring (bicyclic) bond motifs is 1. The Bertz CT molecular complexity index is 1020. The van der Waals surface area contributed by atoms with Gasteiger partial charge in [0.25, 0.3) is 0 Å². The van der Waals surface area contributed by atoms with Crippen molar-refractivity contribution in [3.63, 3.8) is 0 Å². The first kappa shape index (κ1) is 18.3. The van der Waals surface area contributed by atoms with Crippen LogP contribution in [0.25, 0.3) is 0 Å². The van der Waals surface area contributed by atoms with Crippen LogP contribution in [0.5, 0.6) is 0 Å². The summed E-state index contributed by atoms with van der Waals surface area (Å²) in [5.41, 5.74) is 4.50. The minimum Gasteiger partial charge on any atom is -0.307 e. The second-order valence-corrected chi connectivity index (χ2v) is 7.23. The molecule has 0 aliphatic carbocycles. The molecule has 0 unspecified atom stereocenters. The van der Waals surface area contributed by atoms with Gasteiger partial charge in [0.1, 0.15) is 0 Å². The van der Waals surface area contributed by atoms with Crippen LogP contribution < -0.4 is 10.2 Å². The molecule has 1 heterocycles. The van der Waals surface area contributed by atoms with E-state index in [4.69, 9.17) is 11.6 Å². The van der Waals surface area contributed by atoms with Gasteiger partial charge in [-0.15, -0.1) is 0 Å². The average Bonchev–Trinajstić information content (AvgIpc) is 3.03. The number of hydrogen-bond acceptors (Lipinski definition) is 2. The molecule has 0 radical (unpaired) electrons. The van der Waals surface area contributed by atoms with Gasteiger partial charge in [0.15, 0.2) is 0 Å². The Kier molecular flexibility index (Phi) is 5.13. The molecule has 140 valence electrons. The van der Waals surface area contributed by atoms with Gasteiger partial charge in [0.2, 0.25) is 5.91 Å². The summed E-state index contributed by atoms with van der Waals surface area (Å²) in [6.07, 6.45) is 2.08. The van der Waals surface area contributed by atoms with Crippen LogP contribution in [0.15, 0.2) is 72.8 Å². The molecule has 0 saturated heterocycles. The van der Waals surface area contributed by atoms with Crippen molar-refractivity contribution < 1.29 is 9.59 Å². The number of aryl methyl sites for hydroxylation is 2. The number of urea groups is 1. The van der Waals surface area contributed by atoms with Gasteiger partial charge in [0, 0.05) is 10.7 Å². The Labute approximate surface area is 168 Å². The molecule has 4 rings (SSSR count). The van der Waals surface area contributed by atoms with Crippen molar-refractivity contribution in [1.82, 2.24) is 0 Å². The fourth-order valence-corrected chi connectivity index (χ4v) is 3.57. The number of hydrogen-bond donors (Lipinski definition) is 1. The number of nitrogens with zero attached hydrogens (tertiary/aromatic N) is 1. The summed E-state index contributed by atoms with van der Waals surface area (Å²) < 4.78 is 0. The molecular formula is C23H19ClN2O2. The summed E-state index contributed by atoms with van der Waals surface area (Å²) in [5, 5.41) is 3.36. The van der Waals surface area contributed by atoms with E-state index < -0.39 is 6.03 Å². The molecule has 28 heavy (non-hydrogen) atoms. The van der Waals surface area contributed by atoms with E-state index in [0.717, 1.165) is 18.4 Å². The number of imide groups is 1. The molecule has 0 atom stereocenters. The molecule has 0 bridgehead atoms. The zero-order chi connectivity index (χ0) is 19.5. The minimum absolute atomic E-state index is 0.182. The second kappa shape index (κ2) is 7.87. The summed E-state index contributed by atoms with van der Waals surface area (Å²) in [6, 6.07) is 22.7. The fraction of sp³-hybridized carbons (Fsp3) is 0.130. The van der Waals surface area contributed by atoms with Crippen LogP contribution in [0.4, 0.5) is 16.2 Å². The van der Waals surface area contributed by atoms with Crippen LogP contribution in [0.2, 0.25) is 5.02 Å². The maximum atomic E-state index is 12.6. The Morgan fingerprint density at radius 2 is 1.61 bits per heavy atom. The highest BCUT2D eigenvalue weighted by Crippen LogP contribution is 2.31. The van der Waals surface area contributed by atoms with E-state index in [1.54, 1.807) is 18.2 Å².